The first kappa shape index (κ1) is 26.4. The molecule has 0 amide bonds. The predicted molar refractivity (Wildman–Crippen MR) is 150 cm³/mol. The first-order valence-corrected chi connectivity index (χ1v) is 13.5. The second-order valence-electron chi connectivity index (χ2n) is 11.5. The third-order valence-electron chi connectivity index (χ3n) is 7.87. The fourth-order valence-corrected chi connectivity index (χ4v) is 5.88. The van der Waals surface area contributed by atoms with E-state index in [9.17, 15) is 18.4 Å². The van der Waals surface area contributed by atoms with Gasteiger partial charge in [-0.25, -0.2) is 17.9 Å². The summed E-state index contributed by atoms with van der Waals surface area (Å²) >= 11 is 6.70. The summed E-state index contributed by atoms with van der Waals surface area (Å²) in [6.07, 6.45) is 4.98. The number of fused-ring (bicyclic) bond motifs is 1. The van der Waals surface area contributed by atoms with E-state index >= 15 is 0 Å². The van der Waals surface area contributed by atoms with E-state index in [2.05, 4.69) is 32.0 Å². The number of aromatic nitrogens is 4. The summed E-state index contributed by atoms with van der Waals surface area (Å²) in [5, 5.41) is 26.3. The highest BCUT2D eigenvalue weighted by atomic mass is 35.5. The highest BCUT2D eigenvalue weighted by Gasteiger charge is 2.53. The minimum absolute atomic E-state index is 0.219. The standard InChI is InChI=1S/C28H26BClF3N7/c1-26(13-27(32,33)14-26)15-36-24-16(10-34)11-35-25-21(24)8-19(9-22(25)30)37-28(29,17-2-4-18(31)5-3-17)23-12-40(39-38-23)20-6-7-20/h2-5,8-9,11-12,20,37H,6-7,13-15,29H2,1H3,(H,35,36). The van der Waals surface area contributed by atoms with E-state index in [0.29, 0.717) is 39.0 Å². The smallest absolute Gasteiger partial charge is 0.249 e. The van der Waals surface area contributed by atoms with E-state index in [4.69, 9.17) is 11.6 Å². The molecule has 7 nitrogen and oxygen atoms in total. The van der Waals surface area contributed by atoms with E-state index in [0.717, 1.165) is 18.4 Å². The van der Waals surface area contributed by atoms with Gasteiger partial charge >= 0.3 is 0 Å². The van der Waals surface area contributed by atoms with Gasteiger partial charge in [0.15, 0.2) is 0 Å². The molecule has 2 aromatic heterocycles. The molecule has 12 heteroatoms. The van der Waals surface area contributed by atoms with Crippen molar-refractivity contribution in [3.63, 3.8) is 0 Å². The fourth-order valence-electron chi connectivity index (χ4n) is 5.61. The topological polar surface area (TPSA) is 91.5 Å². The molecule has 2 aliphatic carbocycles. The number of nitriles is 1. The lowest BCUT2D eigenvalue weighted by molar-refractivity contribution is -0.148. The molecule has 40 heavy (non-hydrogen) atoms. The van der Waals surface area contributed by atoms with Crippen LogP contribution in [0.5, 0.6) is 0 Å². The Hall–Kier alpha value is -3.78. The van der Waals surface area contributed by atoms with E-state index in [1.54, 1.807) is 25.1 Å². The van der Waals surface area contributed by atoms with Crippen molar-refractivity contribution in [2.45, 2.75) is 50.0 Å². The zero-order valence-corrected chi connectivity index (χ0v) is 22.7. The summed E-state index contributed by atoms with van der Waals surface area (Å²) in [6, 6.07) is 12.2. The van der Waals surface area contributed by atoms with Crippen LogP contribution in [0, 0.1) is 22.6 Å². The summed E-state index contributed by atoms with van der Waals surface area (Å²) < 4.78 is 42.9. The average Bonchev–Trinajstić information content (AvgIpc) is 3.62. The Morgan fingerprint density at radius 2 is 1.95 bits per heavy atom. The molecule has 2 heterocycles. The van der Waals surface area contributed by atoms with Crippen molar-refractivity contribution in [3.05, 3.63) is 76.5 Å². The Labute approximate surface area is 235 Å². The highest BCUT2D eigenvalue weighted by molar-refractivity contribution is 6.36. The second kappa shape index (κ2) is 9.41. The Bertz CT molecular complexity index is 1640. The molecule has 2 saturated carbocycles. The molecular weight excluding hydrogens is 538 g/mol. The molecule has 0 spiro atoms. The number of halogens is 4. The first-order valence-electron chi connectivity index (χ1n) is 13.1. The van der Waals surface area contributed by atoms with E-state index in [-0.39, 0.29) is 30.8 Å². The predicted octanol–water partition coefficient (Wildman–Crippen LogP) is 5.62. The highest BCUT2D eigenvalue weighted by Crippen LogP contribution is 2.52. The van der Waals surface area contributed by atoms with Crippen LogP contribution in [0.1, 0.15) is 55.5 Å². The van der Waals surface area contributed by atoms with Crippen molar-refractivity contribution < 1.29 is 13.2 Å². The zero-order valence-electron chi connectivity index (χ0n) is 22.0. The van der Waals surface area contributed by atoms with Crippen LogP contribution in [-0.2, 0) is 5.44 Å². The van der Waals surface area contributed by atoms with Crippen molar-refractivity contribution in [3.8, 4) is 6.07 Å². The molecule has 2 N–H and O–H groups in total. The fraction of sp³-hybridized carbons (Fsp3) is 0.357. The molecule has 2 aliphatic rings. The molecule has 1 unspecified atom stereocenters. The summed E-state index contributed by atoms with van der Waals surface area (Å²) in [4.78, 5) is 4.40. The van der Waals surface area contributed by atoms with Crippen LogP contribution in [0.4, 0.5) is 24.5 Å². The Kier molecular flexibility index (Phi) is 6.22. The Balaban J connectivity index is 1.41. The molecule has 4 aromatic rings. The number of pyridine rings is 1. The summed E-state index contributed by atoms with van der Waals surface area (Å²) in [7, 11) is 1.93. The van der Waals surface area contributed by atoms with Gasteiger partial charge in [0.05, 0.1) is 39.5 Å². The molecule has 0 aliphatic heterocycles. The molecule has 2 fully saturated rings. The summed E-state index contributed by atoms with van der Waals surface area (Å²) in [6.45, 7) is 2.07. The van der Waals surface area contributed by atoms with Gasteiger partial charge in [-0.1, -0.05) is 35.9 Å². The first-order chi connectivity index (χ1) is 19.0. The van der Waals surface area contributed by atoms with Crippen LogP contribution >= 0.6 is 11.6 Å². The quantitative estimate of drug-likeness (QED) is 0.271. The van der Waals surface area contributed by atoms with Crippen LogP contribution in [-0.4, -0.2) is 40.3 Å². The SMILES string of the molecule is BC(Nc1cc(Cl)c2ncc(C#N)c(NCC3(C)CC(F)(F)C3)c2c1)(c1ccc(F)cc1)c1cn(C2CC2)nn1. The van der Waals surface area contributed by atoms with Gasteiger partial charge in [-0.3, -0.25) is 4.98 Å². The minimum Gasteiger partial charge on any atom is -0.383 e. The molecule has 1 atom stereocenters. The van der Waals surface area contributed by atoms with Gasteiger partial charge in [0.2, 0.25) is 5.92 Å². The number of nitrogens with zero attached hydrogens (tertiary/aromatic N) is 5. The molecular formula is C28H26BClF3N7. The molecule has 2 aromatic carbocycles. The molecule has 204 valence electrons. The van der Waals surface area contributed by atoms with Gasteiger partial charge < -0.3 is 10.6 Å². The number of benzene rings is 2. The molecule has 0 saturated heterocycles. The lowest BCUT2D eigenvalue weighted by atomic mass is 9.67. The van der Waals surface area contributed by atoms with Gasteiger partial charge in [0.1, 0.15) is 25.4 Å². The number of hydrogen-bond donors (Lipinski definition) is 2. The zero-order chi connectivity index (χ0) is 28.3. The van der Waals surface area contributed by atoms with E-state index in [1.165, 1.54) is 18.3 Å². The Morgan fingerprint density at radius 3 is 2.60 bits per heavy atom. The monoisotopic (exact) mass is 563 g/mol. The van der Waals surface area contributed by atoms with Gasteiger partial charge in [-0.05, 0) is 48.1 Å². The van der Waals surface area contributed by atoms with Crippen molar-refractivity contribution in [2.24, 2.45) is 5.41 Å². The van der Waals surface area contributed by atoms with Crippen molar-refractivity contribution in [1.29, 1.82) is 5.26 Å². The molecule has 0 bridgehead atoms. The lowest BCUT2D eigenvalue weighted by Crippen LogP contribution is -2.47. The maximum atomic E-state index is 13.8. The molecule has 0 radical (unpaired) electrons. The third-order valence-corrected chi connectivity index (χ3v) is 8.16. The normalized spacial score (nSPS) is 18.9. The van der Waals surface area contributed by atoms with Gasteiger partial charge in [0, 0.05) is 36.7 Å². The van der Waals surface area contributed by atoms with Crippen molar-refractivity contribution in [1.82, 2.24) is 20.0 Å². The summed E-state index contributed by atoms with van der Waals surface area (Å²) in [5.41, 5.74) is 1.73. The average molecular weight is 564 g/mol. The van der Waals surface area contributed by atoms with E-state index in [1.807, 2.05) is 24.8 Å². The van der Waals surface area contributed by atoms with Crippen LogP contribution < -0.4 is 10.6 Å². The van der Waals surface area contributed by atoms with Crippen LogP contribution in [0.3, 0.4) is 0 Å². The molecule has 6 rings (SSSR count). The van der Waals surface area contributed by atoms with Crippen molar-refractivity contribution in [2.75, 3.05) is 17.2 Å². The largest absolute Gasteiger partial charge is 0.383 e. The maximum Gasteiger partial charge on any atom is 0.249 e. The van der Waals surface area contributed by atoms with Crippen LogP contribution in [0.2, 0.25) is 5.02 Å². The van der Waals surface area contributed by atoms with E-state index < -0.39 is 16.8 Å². The summed E-state index contributed by atoms with van der Waals surface area (Å²) in [5.74, 6) is -3.02. The second-order valence-corrected chi connectivity index (χ2v) is 11.9. The van der Waals surface area contributed by atoms with Crippen LogP contribution in [0.25, 0.3) is 10.9 Å². The number of alkyl halides is 2. The maximum absolute atomic E-state index is 13.8. The van der Waals surface area contributed by atoms with Crippen molar-refractivity contribution >= 4 is 41.7 Å². The van der Waals surface area contributed by atoms with Gasteiger partial charge in [-0.2, -0.15) is 5.26 Å². The number of hydrogen-bond acceptors (Lipinski definition) is 6. The number of rotatable bonds is 8. The van der Waals surface area contributed by atoms with Gasteiger partial charge in [-0.15, -0.1) is 5.10 Å². The third kappa shape index (κ3) is 4.85. The van der Waals surface area contributed by atoms with Crippen LogP contribution in [0.15, 0.2) is 48.8 Å². The minimum atomic E-state index is -2.67. The lowest BCUT2D eigenvalue weighted by Gasteiger charge is -2.45. The Morgan fingerprint density at radius 1 is 1.23 bits per heavy atom. The van der Waals surface area contributed by atoms with Gasteiger partial charge in [0.25, 0.3) is 0 Å². The number of anilines is 2. The number of nitrogens with one attached hydrogen (secondary N) is 2.